The summed E-state index contributed by atoms with van der Waals surface area (Å²) in [6.07, 6.45) is 2.00. The molecule has 0 saturated heterocycles. The van der Waals surface area contributed by atoms with E-state index in [9.17, 15) is 4.79 Å². The van der Waals surface area contributed by atoms with Crippen LogP contribution in [0.2, 0.25) is 0 Å². The second-order valence-corrected chi connectivity index (χ2v) is 6.43. The van der Waals surface area contributed by atoms with Gasteiger partial charge in [-0.15, -0.1) is 0 Å². The Kier molecular flexibility index (Phi) is 6.13. The zero-order valence-electron chi connectivity index (χ0n) is 15.0. The van der Waals surface area contributed by atoms with Crippen molar-refractivity contribution in [1.29, 1.82) is 0 Å². The van der Waals surface area contributed by atoms with E-state index in [1.165, 1.54) is 5.56 Å². The summed E-state index contributed by atoms with van der Waals surface area (Å²) in [5.41, 5.74) is 3.80. The van der Waals surface area contributed by atoms with Crippen molar-refractivity contribution in [3.05, 3.63) is 113 Å². The molecule has 26 heavy (non-hydrogen) atoms. The van der Waals surface area contributed by atoms with Gasteiger partial charge >= 0.3 is 0 Å². The van der Waals surface area contributed by atoms with Crippen LogP contribution in [0.5, 0.6) is 0 Å². The maximum Gasteiger partial charge on any atom is 0.190 e. The predicted molar refractivity (Wildman–Crippen MR) is 108 cm³/mol. The first-order valence-corrected chi connectivity index (χ1v) is 8.80. The minimum Gasteiger partial charge on any atom is -0.298 e. The summed E-state index contributed by atoms with van der Waals surface area (Å²) in [7, 11) is 2.05. The van der Waals surface area contributed by atoms with E-state index >= 15 is 0 Å². The first-order valence-electron chi connectivity index (χ1n) is 8.80. The predicted octanol–water partition coefficient (Wildman–Crippen LogP) is 5.08. The Labute approximate surface area is 155 Å². The lowest BCUT2D eigenvalue weighted by Gasteiger charge is -2.18. The molecule has 0 atom stereocenters. The van der Waals surface area contributed by atoms with Crippen molar-refractivity contribution in [2.24, 2.45) is 0 Å². The third-order valence-corrected chi connectivity index (χ3v) is 4.20. The SMILES string of the molecule is CN(C/C(=C\c1ccccc1)C(=O)c1ccccc1)Cc1ccccc1. The largest absolute Gasteiger partial charge is 0.298 e. The van der Waals surface area contributed by atoms with Crippen LogP contribution in [-0.4, -0.2) is 24.3 Å². The van der Waals surface area contributed by atoms with Crippen molar-refractivity contribution >= 4 is 11.9 Å². The van der Waals surface area contributed by atoms with Crippen molar-refractivity contribution in [2.45, 2.75) is 6.54 Å². The van der Waals surface area contributed by atoms with Crippen LogP contribution in [0.25, 0.3) is 6.08 Å². The highest BCUT2D eigenvalue weighted by molar-refractivity contribution is 6.11. The van der Waals surface area contributed by atoms with Gasteiger partial charge in [0, 0.05) is 24.2 Å². The van der Waals surface area contributed by atoms with Gasteiger partial charge in [0.25, 0.3) is 0 Å². The molecule has 130 valence electrons. The normalized spacial score (nSPS) is 11.5. The fourth-order valence-corrected chi connectivity index (χ4v) is 2.95. The Hall–Kier alpha value is -2.97. The van der Waals surface area contributed by atoms with E-state index < -0.39 is 0 Å². The Balaban J connectivity index is 1.83. The van der Waals surface area contributed by atoms with E-state index in [-0.39, 0.29) is 5.78 Å². The summed E-state index contributed by atoms with van der Waals surface area (Å²) in [4.78, 5) is 15.2. The van der Waals surface area contributed by atoms with Crippen LogP contribution in [0.15, 0.2) is 96.6 Å². The molecule has 0 aliphatic rings. The molecule has 0 amide bonds. The Morgan fingerprint density at radius 3 is 1.96 bits per heavy atom. The molecule has 2 heteroatoms. The summed E-state index contributed by atoms with van der Waals surface area (Å²) in [5.74, 6) is 0.0781. The van der Waals surface area contributed by atoms with Gasteiger partial charge in [0.15, 0.2) is 5.78 Å². The molecule has 0 aromatic heterocycles. The number of nitrogens with zero attached hydrogens (tertiary/aromatic N) is 1. The molecule has 0 heterocycles. The number of carbonyl (C=O) groups excluding carboxylic acids is 1. The van der Waals surface area contributed by atoms with Gasteiger partial charge in [-0.1, -0.05) is 91.0 Å². The van der Waals surface area contributed by atoms with Gasteiger partial charge in [0.2, 0.25) is 0 Å². The topological polar surface area (TPSA) is 20.3 Å². The summed E-state index contributed by atoms with van der Waals surface area (Å²) in [6, 6.07) is 29.8. The zero-order chi connectivity index (χ0) is 18.2. The van der Waals surface area contributed by atoms with Crippen molar-refractivity contribution in [2.75, 3.05) is 13.6 Å². The monoisotopic (exact) mass is 341 g/mol. The maximum atomic E-state index is 13.0. The van der Waals surface area contributed by atoms with E-state index in [1.807, 2.05) is 92.0 Å². The van der Waals surface area contributed by atoms with Crippen molar-refractivity contribution in [3.63, 3.8) is 0 Å². The van der Waals surface area contributed by atoms with Crippen molar-refractivity contribution < 1.29 is 4.79 Å². The van der Waals surface area contributed by atoms with Gasteiger partial charge < -0.3 is 0 Å². The second-order valence-electron chi connectivity index (χ2n) is 6.43. The number of benzene rings is 3. The number of likely N-dealkylation sites (N-methyl/N-ethyl adjacent to an activating group) is 1. The van der Waals surface area contributed by atoms with Crippen LogP contribution < -0.4 is 0 Å². The lowest BCUT2D eigenvalue weighted by molar-refractivity contribution is 0.102. The van der Waals surface area contributed by atoms with E-state index in [0.29, 0.717) is 6.54 Å². The fourth-order valence-electron chi connectivity index (χ4n) is 2.95. The third-order valence-electron chi connectivity index (χ3n) is 4.20. The first kappa shape index (κ1) is 17.8. The maximum absolute atomic E-state index is 13.0. The van der Waals surface area contributed by atoms with Gasteiger partial charge in [-0.25, -0.2) is 0 Å². The van der Waals surface area contributed by atoms with Gasteiger partial charge in [0.05, 0.1) is 0 Å². The molecule has 0 radical (unpaired) electrons. The average Bonchev–Trinajstić information content (AvgIpc) is 2.69. The van der Waals surface area contributed by atoms with Crippen LogP contribution in [0, 0.1) is 0 Å². The standard InChI is InChI=1S/C24H23NO/c1-25(18-21-13-7-3-8-14-21)19-23(17-20-11-5-2-6-12-20)24(26)22-15-9-4-10-16-22/h2-17H,18-19H2,1H3/b23-17+. The van der Waals surface area contributed by atoms with E-state index in [4.69, 9.17) is 0 Å². The van der Waals surface area contributed by atoms with Gasteiger partial charge in [-0.2, -0.15) is 0 Å². The van der Waals surface area contributed by atoms with Crippen LogP contribution in [0.1, 0.15) is 21.5 Å². The molecule has 3 aromatic rings. The van der Waals surface area contributed by atoms with Crippen LogP contribution >= 0.6 is 0 Å². The highest BCUT2D eigenvalue weighted by Crippen LogP contribution is 2.15. The van der Waals surface area contributed by atoms with E-state index in [0.717, 1.165) is 23.2 Å². The molecule has 3 aromatic carbocycles. The van der Waals surface area contributed by atoms with E-state index in [1.54, 1.807) is 0 Å². The van der Waals surface area contributed by atoms with Crippen LogP contribution in [0.4, 0.5) is 0 Å². The Morgan fingerprint density at radius 2 is 1.35 bits per heavy atom. The molecule has 0 aliphatic heterocycles. The van der Waals surface area contributed by atoms with Crippen molar-refractivity contribution in [1.82, 2.24) is 4.90 Å². The fraction of sp³-hybridized carbons (Fsp3) is 0.125. The van der Waals surface area contributed by atoms with E-state index in [2.05, 4.69) is 17.0 Å². The minimum atomic E-state index is 0.0781. The molecule has 0 fully saturated rings. The number of ketones is 1. The average molecular weight is 341 g/mol. The lowest BCUT2D eigenvalue weighted by atomic mass is 10.0. The molecule has 2 nitrogen and oxygen atoms in total. The highest BCUT2D eigenvalue weighted by atomic mass is 16.1. The second kappa shape index (κ2) is 8.93. The summed E-state index contributed by atoms with van der Waals surface area (Å²) in [5, 5.41) is 0. The minimum absolute atomic E-state index is 0.0781. The summed E-state index contributed by atoms with van der Waals surface area (Å²) < 4.78 is 0. The van der Waals surface area contributed by atoms with Gasteiger partial charge in [0.1, 0.15) is 0 Å². The molecule has 0 bridgehead atoms. The molecule has 0 unspecified atom stereocenters. The molecule has 0 aliphatic carbocycles. The highest BCUT2D eigenvalue weighted by Gasteiger charge is 2.14. The summed E-state index contributed by atoms with van der Waals surface area (Å²) >= 11 is 0. The zero-order valence-corrected chi connectivity index (χ0v) is 15.0. The number of hydrogen-bond donors (Lipinski definition) is 0. The van der Waals surface area contributed by atoms with Crippen LogP contribution in [0.3, 0.4) is 0 Å². The van der Waals surface area contributed by atoms with Crippen molar-refractivity contribution in [3.8, 4) is 0 Å². The number of carbonyl (C=O) groups is 1. The van der Waals surface area contributed by atoms with Crippen LogP contribution in [-0.2, 0) is 6.54 Å². The van der Waals surface area contributed by atoms with Gasteiger partial charge in [-0.05, 0) is 24.3 Å². The molecule has 0 N–H and O–H groups in total. The Morgan fingerprint density at radius 1 is 0.808 bits per heavy atom. The summed E-state index contributed by atoms with van der Waals surface area (Å²) in [6.45, 7) is 1.40. The molecular formula is C24H23NO. The lowest BCUT2D eigenvalue weighted by Crippen LogP contribution is -2.24. The molecular weight excluding hydrogens is 318 g/mol. The smallest absolute Gasteiger partial charge is 0.190 e. The third kappa shape index (κ3) is 5.01. The number of Topliss-reactive ketones (excluding diaryl/α,β-unsaturated/α-hetero) is 1. The molecule has 0 saturated carbocycles. The Bertz CT molecular complexity index is 854. The van der Waals surface area contributed by atoms with Gasteiger partial charge in [-0.3, -0.25) is 9.69 Å². The first-order chi connectivity index (χ1) is 12.7. The molecule has 3 rings (SSSR count). The number of rotatable bonds is 7. The molecule has 0 spiro atoms. The number of hydrogen-bond acceptors (Lipinski definition) is 2. The quantitative estimate of drug-likeness (QED) is 0.441.